The summed E-state index contributed by atoms with van der Waals surface area (Å²) >= 11 is 5.92. The summed E-state index contributed by atoms with van der Waals surface area (Å²) in [7, 11) is 0. The number of benzene rings is 1. The van der Waals surface area contributed by atoms with Gasteiger partial charge in [0.25, 0.3) is 0 Å². The Hall–Kier alpha value is -3.44. The number of piperidine rings is 1. The molecule has 12 heteroatoms. The van der Waals surface area contributed by atoms with Crippen molar-refractivity contribution >= 4 is 35.0 Å². The standard InChI is InChI=1S/C29H33ClF3N5O3/c1-15-11-20(37-36-15)35-26-24(33)21(25(39)28(3,4)5)23(32)19(34-26)13-29(27(40)41)9-10-38(16(2)12-29)14-17-7-6-8-18(30)22(17)31/h6-8,11,16H,9-10,12-14H2,1-5H3,(H,40,41)(H2,34,35,36,37)/t16-,29-/m1/s1. The van der Waals surface area contributed by atoms with Crippen LogP contribution in [0.3, 0.4) is 0 Å². The number of halogens is 4. The van der Waals surface area contributed by atoms with Gasteiger partial charge in [0.2, 0.25) is 0 Å². The summed E-state index contributed by atoms with van der Waals surface area (Å²) in [6, 6.07) is 5.96. The minimum atomic E-state index is -1.46. The summed E-state index contributed by atoms with van der Waals surface area (Å²) in [6.45, 7) is 8.65. The van der Waals surface area contributed by atoms with Gasteiger partial charge in [0, 0.05) is 41.7 Å². The molecule has 1 aliphatic heterocycles. The van der Waals surface area contributed by atoms with Crippen LogP contribution in [-0.4, -0.2) is 49.5 Å². The van der Waals surface area contributed by atoms with E-state index in [-0.39, 0.29) is 54.9 Å². The van der Waals surface area contributed by atoms with Crippen LogP contribution in [0, 0.1) is 35.2 Å². The van der Waals surface area contributed by atoms with E-state index in [2.05, 4.69) is 20.5 Å². The van der Waals surface area contributed by atoms with Crippen molar-refractivity contribution < 1.29 is 27.9 Å². The van der Waals surface area contributed by atoms with E-state index in [1.807, 2.05) is 11.8 Å². The second-order valence-corrected chi connectivity index (χ2v) is 12.2. The van der Waals surface area contributed by atoms with Gasteiger partial charge in [0.05, 0.1) is 21.7 Å². The molecule has 0 spiro atoms. The minimum absolute atomic E-state index is 0.0000684. The lowest BCUT2D eigenvalue weighted by Gasteiger charge is -2.43. The van der Waals surface area contributed by atoms with Gasteiger partial charge < -0.3 is 10.4 Å². The Bertz CT molecular complexity index is 1490. The number of Topliss-reactive ketones (excluding diaryl/α,β-unsaturated/α-hetero) is 1. The number of aryl methyl sites for hydroxylation is 1. The quantitative estimate of drug-likeness (QED) is 0.258. The fourth-order valence-electron chi connectivity index (χ4n) is 5.22. The third kappa shape index (κ3) is 6.25. The molecule has 220 valence electrons. The number of likely N-dealkylation sites (tertiary alicyclic amines) is 1. The number of rotatable bonds is 8. The molecule has 41 heavy (non-hydrogen) atoms. The number of carbonyl (C=O) groups is 2. The summed E-state index contributed by atoms with van der Waals surface area (Å²) in [4.78, 5) is 32.0. The van der Waals surface area contributed by atoms with Crippen molar-refractivity contribution in [3.8, 4) is 0 Å². The molecule has 0 bridgehead atoms. The number of carboxylic acid groups (broad SMARTS) is 1. The lowest BCUT2D eigenvalue weighted by Crippen LogP contribution is -2.50. The molecule has 0 amide bonds. The second kappa shape index (κ2) is 11.4. The van der Waals surface area contributed by atoms with Crippen LogP contribution in [0.5, 0.6) is 0 Å². The first-order valence-electron chi connectivity index (χ1n) is 13.2. The number of H-pyrrole nitrogens is 1. The number of hydrogen-bond acceptors (Lipinski definition) is 6. The van der Waals surface area contributed by atoms with E-state index in [0.717, 1.165) is 0 Å². The number of pyridine rings is 1. The Morgan fingerprint density at radius 3 is 2.51 bits per heavy atom. The van der Waals surface area contributed by atoms with E-state index in [1.165, 1.54) is 26.8 Å². The molecule has 3 N–H and O–H groups in total. The maximum absolute atomic E-state index is 15.9. The summed E-state index contributed by atoms with van der Waals surface area (Å²) in [6.07, 6.45) is -0.193. The highest BCUT2D eigenvalue weighted by Crippen LogP contribution is 2.41. The average molecular weight is 592 g/mol. The molecular weight excluding hydrogens is 559 g/mol. The molecular formula is C29H33ClF3N5O3. The molecule has 0 saturated carbocycles. The number of hydrogen-bond donors (Lipinski definition) is 3. The van der Waals surface area contributed by atoms with Crippen LogP contribution in [0.25, 0.3) is 0 Å². The number of nitrogens with one attached hydrogen (secondary N) is 2. The van der Waals surface area contributed by atoms with E-state index in [9.17, 15) is 19.1 Å². The summed E-state index contributed by atoms with van der Waals surface area (Å²) in [5.74, 6) is -5.06. The molecule has 0 radical (unpaired) electrons. The van der Waals surface area contributed by atoms with Gasteiger partial charge in [-0.15, -0.1) is 0 Å². The van der Waals surface area contributed by atoms with Gasteiger partial charge in [-0.25, -0.2) is 18.2 Å². The van der Waals surface area contributed by atoms with Gasteiger partial charge in [-0.1, -0.05) is 44.5 Å². The molecule has 2 aromatic heterocycles. The van der Waals surface area contributed by atoms with Crippen LogP contribution in [0.15, 0.2) is 24.3 Å². The van der Waals surface area contributed by atoms with Crippen molar-refractivity contribution in [1.82, 2.24) is 20.1 Å². The highest BCUT2D eigenvalue weighted by Gasteiger charge is 2.46. The number of aliphatic carboxylic acids is 1. The lowest BCUT2D eigenvalue weighted by molar-refractivity contribution is -0.153. The number of nitrogens with zero attached hydrogens (tertiary/aromatic N) is 3. The van der Waals surface area contributed by atoms with Crippen LogP contribution in [0.1, 0.15) is 67.8 Å². The van der Waals surface area contributed by atoms with Gasteiger partial charge in [-0.3, -0.25) is 19.6 Å². The smallest absolute Gasteiger partial charge is 0.310 e. The fraction of sp³-hybridized carbons (Fsp3) is 0.448. The van der Waals surface area contributed by atoms with Gasteiger partial charge in [-0.2, -0.15) is 5.10 Å². The third-order valence-corrected chi connectivity index (χ3v) is 7.85. The number of anilines is 2. The Morgan fingerprint density at radius 1 is 1.22 bits per heavy atom. The number of ketones is 1. The summed E-state index contributed by atoms with van der Waals surface area (Å²) < 4.78 is 46.1. The van der Waals surface area contributed by atoms with Crippen LogP contribution < -0.4 is 5.32 Å². The molecule has 2 atom stereocenters. The highest BCUT2D eigenvalue weighted by molar-refractivity contribution is 6.30. The first-order valence-corrected chi connectivity index (χ1v) is 13.6. The van der Waals surface area contributed by atoms with E-state index >= 15 is 8.78 Å². The second-order valence-electron chi connectivity index (χ2n) is 11.8. The van der Waals surface area contributed by atoms with Crippen molar-refractivity contribution in [3.05, 3.63) is 69.3 Å². The van der Waals surface area contributed by atoms with Crippen molar-refractivity contribution in [3.63, 3.8) is 0 Å². The zero-order valence-corrected chi connectivity index (χ0v) is 24.3. The van der Waals surface area contributed by atoms with Crippen LogP contribution in [0.4, 0.5) is 24.8 Å². The van der Waals surface area contributed by atoms with Crippen LogP contribution >= 0.6 is 11.6 Å². The van der Waals surface area contributed by atoms with E-state index in [1.54, 1.807) is 25.1 Å². The third-order valence-electron chi connectivity index (χ3n) is 7.56. The zero-order valence-electron chi connectivity index (χ0n) is 23.5. The van der Waals surface area contributed by atoms with E-state index in [4.69, 9.17) is 11.6 Å². The largest absolute Gasteiger partial charge is 0.481 e. The number of carboxylic acids is 1. The molecule has 0 unspecified atom stereocenters. The monoisotopic (exact) mass is 591 g/mol. The molecule has 1 fully saturated rings. The van der Waals surface area contributed by atoms with Crippen LogP contribution in [-0.2, 0) is 17.8 Å². The highest BCUT2D eigenvalue weighted by atomic mass is 35.5. The van der Waals surface area contributed by atoms with Crippen LogP contribution in [0.2, 0.25) is 5.02 Å². The number of aromatic amines is 1. The molecule has 3 heterocycles. The summed E-state index contributed by atoms with van der Waals surface area (Å²) in [5.41, 5.74) is -2.65. The van der Waals surface area contributed by atoms with Crippen molar-refractivity contribution in [2.24, 2.45) is 10.8 Å². The maximum Gasteiger partial charge on any atom is 0.310 e. The van der Waals surface area contributed by atoms with Gasteiger partial charge in [0.1, 0.15) is 5.82 Å². The van der Waals surface area contributed by atoms with Gasteiger partial charge >= 0.3 is 5.97 Å². The van der Waals surface area contributed by atoms with Crippen molar-refractivity contribution in [2.75, 3.05) is 11.9 Å². The first-order chi connectivity index (χ1) is 19.1. The maximum atomic E-state index is 15.9. The number of carbonyl (C=O) groups excluding carboxylic acids is 1. The van der Waals surface area contributed by atoms with Crippen molar-refractivity contribution in [2.45, 2.75) is 66.5 Å². The molecule has 0 aliphatic carbocycles. The Kier molecular flexibility index (Phi) is 8.52. The Balaban J connectivity index is 1.70. The molecule has 1 aromatic carbocycles. The molecule has 3 aromatic rings. The topological polar surface area (TPSA) is 111 Å². The Labute approximate surface area is 241 Å². The van der Waals surface area contributed by atoms with E-state index in [0.29, 0.717) is 11.3 Å². The SMILES string of the molecule is Cc1cc(Nc2nc(C[C@@]3(C(=O)O)CCN(Cc4cccc(Cl)c4F)[C@H](C)C3)c(F)c(C(=O)C(C)(C)C)c2F)n[nH]1. The van der Waals surface area contributed by atoms with Gasteiger partial charge in [0.15, 0.2) is 29.1 Å². The number of aromatic nitrogens is 3. The van der Waals surface area contributed by atoms with E-state index < -0.39 is 51.4 Å². The molecule has 1 aliphatic rings. The molecule has 1 saturated heterocycles. The average Bonchev–Trinajstić information content (AvgIpc) is 3.30. The molecule has 4 rings (SSSR count). The Morgan fingerprint density at radius 2 is 1.93 bits per heavy atom. The van der Waals surface area contributed by atoms with Gasteiger partial charge in [-0.05, 0) is 39.3 Å². The molecule has 8 nitrogen and oxygen atoms in total. The first kappa shape index (κ1) is 30.5. The zero-order chi connectivity index (χ0) is 30.3. The van der Waals surface area contributed by atoms with Crippen molar-refractivity contribution in [1.29, 1.82) is 0 Å². The fourth-order valence-corrected chi connectivity index (χ4v) is 5.41. The predicted octanol–water partition coefficient (Wildman–Crippen LogP) is 6.45. The lowest BCUT2D eigenvalue weighted by atomic mass is 9.72. The predicted molar refractivity (Wildman–Crippen MR) is 149 cm³/mol. The normalized spacial score (nSPS) is 19.8. The minimum Gasteiger partial charge on any atom is -0.481 e. The summed E-state index contributed by atoms with van der Waals surface area (Å²) in [5, 5.41) is 19.7.